The Bertz CT molecular complexity index is 2640. The van der Waals surface area contributed by atoms with Gasteiger partial charge in [-0.3, -0.25) is 0 Å². The normalized spacial score (nSPS) is 16.3. The summed E-state index contributed by atoms with van der Waals surface area (Å²) >= 11 is 0. The van der Waals surface area contributed by atoms with Gasteiger partial charge in [-0.25, -0.2) is 4.98 Å². The summed E-state index contributed by atoms with van der Waals surface area (Å²) < 4.78 is 27.4. The first-order chi connectivity index (χ1) is 30.6. The molecule has 9 heteroatoms. The molecule has 2 aromatic heterocycles. The van der Waals surface area contributed by atoms with Crippen molar-refractivity contribution in [3.05, 3.63) is 228 Å². The molecule has 1 saturated carbocycles. The molecule has 0 saturated heterocycles. The molecule has 1 aliphatic rings. The monoisotopic (exact) mass is 819 g/mol. The number of fused-ring (bicyclic) bond motifs is 1. The summed E-state index contributed by atoms with van der Waals surface area (Å²) in [4.78, 5) is 15.4. The lowest BCUT2D eigenvalue weighted by Crippen LogP contribution is -2.38. The molecule has 1 fully saturated rings. The molecular formula is C53H49N5O4. The maximum atomic E-state index is 6.73. The number of hydrogen-bond donors (Lipinski definition) is 1. The summed E-state index contributed by atoms with van der Waals surface area (Å²) in [7, 11) is 1.68. The molecule has 3 atom stereocenters. The van der Waals surface area contributed by atoms with Crippen LogP contribution in [0.15, 0.2) is 194 Å². The topological polar surface area (TPSA) is 92.6 Å². The lowest BCUT2D eigenvalue weighted by molar-refractivity contribution is -0.0122. The van der Waals surface area contributed by atoms with Crippen LogP contribution in [0.2, 0.25) is 0 Å². The Balaban J connectivity index is 1.13. The number of nitrogens with zero attached hydrogens (tertiary/aromatic N) is 4. The molecule has 9 nitrogen and oxygen atoms in total. The number of rotatable bonds is 17. The quantitative estimate of drug-likeness (QED) is 0.0717. The van der Waals surface area contributed by atoms with Crippen LogP contribution in [0, 0.1) is 5.92 Å². The molecule has 0 amide bonds. The van der Waals surface area contributed by atoms with Gasteiger partial charge in [0.2, 0.25) is 11.8 Å². The Morgan fingerprint density at radius 1 is 0.645 bits per heavy atom. The van der Waals surface area contributed by atoms with Crippen LogP contribution >= 0.6 is 0 Å². The molecule has 9 rings (SSSR count). The lowest BCUT2D eigenvalue weighted by atomic mass is 9.77. The zero-order valence-electron chi connectivity index (χ0n) is 34.7. The predicted octanol–water partition coefficient (Wildman–Crippen LogP) is 10.7. The van der Waals surface area contributed by atoms with E-state index in [2.05, 4.69) is 70.5 Å². The average Bonchev–Trinajstić information content (AvgIpc) is 3.90. The third-order valence-corrected chi connectivity index (χ3v) is 11.7. The fraction of sp³-hybridized carbons (Fsp3) is 0.189. The van der Waals surface area contributed by atoms with Gasteiger partial charge < -0.3 is 28.8 Å². The summed E-state index contributed by atoms with van der Waals surface area (Å²) in [5.41, 5.74) is 7.45. The van der Waals surface area contributed by atoms with Crippen LogP contribution in [-0.4, -0.2) is 39.3 Å². The SMILES string of the molecule is C=C1[C@@H](COCc2ccccc2)[C@@H](OCc2ccccc2)C[C@H]1n1cnc2c(OCc3ccccc3)nc(NC(c3ccccc3)(c3ccccc3)c3ccc(OC)cc3)nc21. The Kier molecular flexibility index (Phi) is 12.2. The highest BCUT2D eigenvalue weighted by Crippen LogP contribution is 2.44. The molecule has 2 heterocycles. The van der Waals surface area contributed by atoms with Crippen molar-refractivity contribution in [3.63, 3.8) is 0 Å². The van der Waals surface area contributed by atoms with Crippen molar-refractivity contribution >= 4 is 17.1 Å². The molecule has 310 valence electrons. The smallest absolute Gasteiger partial charge is 0.247 e. The van der Waals surface area contributed by atoms with E-state index in [0.29, 0.717) is 55.8 Å². The standard InChI is InChI=1S/C53H49N5O4/c1-38-46(36-60-33-39-18-8-3-9-19-39)48(61-34-40-20-10-4-11-21-40)32-47(38)58-37-54-49-50(58)55-52(56-51(49)62-35-41-22-12-5-13-23-41)57-53(42-24-14-6-15-25-42,43-26-16-7-17-27-43)44-28-30-45(59-2)31-29-44/h3-31,37,46-48H,1,32-36H2,2H3,(H,55,56,57)/t46-,47-,48+/m1/s1. The highest BCUT2D eigenvalue weighted by Gasteiger charge is 2.41. The Hall–Kier alpha value is -7.07. The van der Waals surface area contributed by atoms with Crippen LogP contribution in [0.4, 0.5) is 5.95 Å². The van der Waals surface area contributed by atoms with E-state index < -0.39 is 5.54 Å². The van der Waals surface area contributed by atoms with E-state index in [4.69, 9.17) is 40.5 Å². The van der Waals surface area contributed by atoms with E-state index in [9.17, 15) is 0 Å². The van der Waals surface area contributed by atoms with Crippen LogP contribution < -0.4 is 14.8 Å². The van der Waals surface area contributed by atoms with Crippen molar-refractivity contribution in [3.8, 4) is 11.6 Å². The number of imidazole rings is 1. The summed E-state index contributed by atoms with van der Waals surface area (Å²) in [6, 6.07) is 59.2. The van der Waals surface area contributed by atoms with Crippen LogP contribution in [0.5, 0.6) is 11.6 Å². The first-order valence-electron chi connectivity index (χ1n) is 21.0. The molecular weight excluding hydrogens is 771 g/mol. The number of nitrogens with one attached hydrogen (secondary N) is 1. The van der Waals surface area contributed by atoms with E-state index in [0.717, 1.165) is 44.7 Å². The Morgan fingerprint density at radius 2 is 1.18 bits per heavy atom. The van der Waals surface area contributed by atoms with E-state index in [1.54, 1.807) is 7.11 Å². The average molecular weight is 820 g/mol. The minimum Gasteiger partial charge on any atom is -0.497 e. The predicted molar refractivity (Wildman–Crippen MR) is 243 cm³/mol. The first kappa shape index (κ1) is 40.3. The van der Waals surface area contributed by atoms with E-state index >= 15 is 0 Å². The first-order valence-corrected chi connectivity index (χ1v) is 21.0. The molecule has 1 aliphatic carbocycles. The van der Waals surface area contributed by atoms with Crippen LogP contribution in [0.1, 0.15) is 45.8 Å². The Labute approximate surface area is 362 Å². The van der Waals surface area contributed by atoms with Gasteiger partial charge in [-0.2, -0.15) is 9.97 Å². The van der Waals surface area contributed by atoms with Gasteiger partial charge in [0.1, 0.15) is 17.9 Å². The molecule has 1 N–H and O–H groups in total. The Morgan fingerprint density at radius 3 is 1.76 bits per heavy atom. The fourth-order valence-electron chi connectivity index (χ4n) is 8.47. The second kappa shape index (κ2) is 18.7. The number of ether oxygens (including phenoxy) is 4. The number of benzene rings is 6. The number of hydrogen-bond acceptors (Lipinski definition) is 8. The minimum atomic E-state index is -0.932. The van der Waals surface area contributed by atoms with Crippen molar-refractivity contribution in [1.82, 2.24) is 19.5 Å². The van der Waals surface area contributed by atoms with E-state index in [1.165, 1.54) is 0 Å². The molecule has 0 aliphatic heterocycles. The van der Waals surface area contributed by atoms with Crippen LogP contribution in [-0.2, 0) is 34.8 Å². The summed E-state index contributed by atoms with van der Waals surface area (Å²) in [5.74, 6) is 1.42. The molecule has 0 unspecified atom stereocenters. The maximum absolute atomic E-state index is 6.73. The van der Waals surface area contributed by atoms with Gasteiger partial charge in [0.05, 0.1) is 45.4 Å². The molecule has 0 bridgehead atoms. The second-order valence-corrected chi connectivity index (χ2v) is 15.6. The van der Waals surface area contributed by atoms with Gasteiger partial charge in [-0.1, -0.05) is 170 Å². The minimum absolute atomic E-state index is 0.0722. The fourth-order valence-corrected chi connectivity index (χ4v) is 8.47. The van der Waals surface area contributed by atoms with Crippen molar-refractivity contribution < 1.29 is 18.9 Å². The van der Waals surface area contributed by atoms with Crippen LogP contribution in [0.25, 0.3) is 11.2 Å². The zero-order chi connectivity index (χ0) is 42.1. The van der Waals surface area contributed by atoms with Crippen molar-refractivity contribution in [2.45, 2.75) is 43.9 Å². The van der Waals surface area contributed by atoms with E-state index in [1.807, 2.05) is 122 Å². The second-order valence-electron chi connectivity index (χ2n) is 15.6. The number of methoxy groups -OCH3 is 1. The third kappa shape index (κ3) is 8.59. The van der Waals surface area contributed by atoms with E-state index in [-0.39, 0.29) is 18.1 Å². The van der Waals surface area contributed by atoms with Gasteiger partial charge in [-0.05, 0) is 57.5 Å². The zero-order valence-corrected chi connectivity index (χ0v) is 34.7. The molecule has 0 spiro atoms. The summed E-state index contributed by atoms with van der Waals surface area (Å²) in [6.45, 7) is 6.45. The van der Waals surface area contributed by atoms with Gasteiger partial charge in [0, 0.05) is 5.92 Å². The summed E-state index contributed by atoms with van der Waals surface area (Å²) in [6.07, 6.45) is 2.34. The largest absolute Gasteiger partial charge is 0.497 e. The molecule has 8 aromatic rings. The van der Waals surface area contributed by atoms with Gasteiger partial charge in [-0.15, -0.1) is 0 Å². The summed E-state index contributed by atoms with van der Waals surface area (Å²) in [5, 5.41) is 3.88. The van der Waals surface area contributed by atoms with Crippen molar-refractivity contribution in [2.24, 2.45) is 5.92 Å². The van der Waals surface area contributed by atoms with Crippen LogP contribution in [0.3, 0.4) is 0 Å². The van der Waals surface area contributed by atoms with Gasteiger partial charge in [0.15, 0.2) is 11.2 Å². The van der Waals surface area contributed by atoms with Gasteiger partial charge in [0.25, 0.3) is 0 Å². The van der Waals surface area contributed by atoms with Crippen molar-refractivity contribution in [2.75, 3.05) is 19.0 Å². The van der Waals surface area contributed by atoms with Crippen molar-refractivity contribution in [1.29, 1.82) is 0 Å². The highest BCUT2D eigenvalue weighted by molar-refractivity contribution is 5.78. The lowest BCUT2D eigenvalue weighted by Gasteiger charge is -2.37. The molecule has 0 radical (unpaired) electrons. The highest BCUT2D eigenvalue weighted by atomic mass is 16.5. The maximum Gasteiger partial charge on any atom is 0.247 e. The molecule has 62 heavy (non-hydrogen) atoms. The van der Waals surface area contributed by atoms with Gasteiger partial charge >= 0.3 is 0 Å². The number of aromatic nitrogens is 4. The number of anilines is 1. The third-order valence-electron chi connectivity index (χ3n) is 11.7. The molecule has 6 aromatic carbocycles.